The predicted molar refractivity (Wildman–Crippen MR) is 79.7 cm³/mol. The zero-order valence-electron chi connectivity index (χ0n) is 11.1. The SMILES string of the molecule is CNc1ccc(C(=O)Nc2ccc(Cl)c(OC)c2)nc1. The van der Waals surface area contributed by atoms with Gasteiger partial charge in [0, 0.05) is 18.8 Å². The number of nitrogens with one attached hydrogen (secondary N) is 2. The molecule has 6 heteroatoms. The number of ether oxygens (including phenoxy) is 1. The zero-order valence-corrected chi connectivity index (χ0v) is 11.9. The number of rotatable bonds is 4. The van der Waals surface area contributed by atoms with E-state index in [9.17, 15) is 4.79 Å². The Kier molecular flexibility index (Phi) is 4.42. The largest absolute Gasteiger partial charge is 0.495 e. The fourth-order valence-corrected chi connectivity index (χ4v) is 1.80. The number of hydrogen-bond donors (Lipinski definition) is 2. The van der Waals surface area contributed by atoms with Gasteiger partial charge in [0.1, 0.15) is 11.4 Å². The second kappa shape index (κ2) is 6.25. The second-order valence-electron chi connectivity index (χ2n) is 3.99. The zero-order chi connectivity index (χ0) is 14.5. The van der Waals surface area contributed by atoms with Crippen LogP contribution < -0.4 is 15.4 Å². The lowest BCUT2D eigenvalue weighted by atomic mass is 10.2. The van der Waals surface area contributed by atoms with Crippen LogP contribution in [0.2, 0.25) is 5.02 Å². The van der Waals surface area contributed by atoms with Crippen LogP contribution in [0.1, 0.15) is 10.5 Å². The summed E-state index contributed by atoms with van der Waals surface area (Å²) in [7, 11) is 3.31. The summed E-state index contributed by atoms with van der Waals surface area (Å²) in [6, 6.07) is 8.44. The van der Waals surface area contributed by atoms with Crippen LogP contribution in [0.4, 0.5) is 11.4 Å². The Morgan fingerprint density at radius 1 is 1.25 bits per heavy atom. The Morgan fingerprint density at radius 3 is 2.60 bits per heavy atom. The molecule has 0 bridgehead atoms. The minimum Gasteiger partial charge on any atom is -0.495 e. The lowest BCUT2D eigenvalue weighted by molar-refractivity contribution is 0.102. The molecule has 0 fully saturated rings. The Morgan fingerprint density at radius 2 is 2.00 bits per heavy atom. The average molecular weight is 292 g/mol. The molecule has 0 saturated heterocycles. The van der Waals surface area contributed by atoms with Crippen LogP contribution in [-0.2, 0) is 0 Å². The number of carbonyl (C=O) groups excluding carboxylic acids is 1. The molecule has 5 nitrogen and oxygen atoms in total. The van der Waals surface area contributed by atoms with Crippen LogP contribution in [0.15, 0.2) is 36.5 Å². The molecule has 0 saturated carbocycles. The number of benzene rings is 1. The molecule has 2 aromatic rings. The fourth-order valence-electron chi connectivity index (χ4n) is 1.61. The number of halogens is 1. The van der Waals surface area contributed by atoms with Gasteiger partial charge < -0.3 is 15.4 Å². The van der Waals surface area contributed by atoms with Crippen molar-refractivity contribution in [3.63, 3.8) is 0 Å². The van der Waals surface area contributed by atoms with Gasteiger partial charge >= 0.3 is 0 Å². The van der Waals surface area contributed by atoms with Crippen LogP contribution in [0.5, 0.6) is 5.75 Å². The van der Waals surface area contributed by atoms with E-state index in [1.54, 1.807) is 43.6 Å². The number of pyridine rings is 1. The summed E-state index contributed by atoms with van der Waals surface area (Å²) >= 11 is 5.93. The maximum atomic E-state index is 12.0. The molecule has 0 radical (unpaired) electrons. The first-order valence-corrected chi connectivity index (χ1v) is 6.30. The molecule has 0 aliphatic carbocycles. The molecule has 1 amide bonds. The van der Waals surface area contributed by atoms with Gasteiger partial charge in [0.05, 0.1) is 24.0 Å². The van der Waals surface area contributed by atoms with Crippen LogP contribution in [-0.4, -0.2) is 25.0 Å². The van der Waals surface area contributed by atoms with Gasteiger partial charge in [-0.15, -0.1) is 0 Å². The Balaban J connectivity index is 2.14. The van der Waals surface area contributed by atoms with E-state index in [0.29, 0.717) is 22.2 Å². The molecule has 0 atom stereocenters. The topological polar surface area (TPSA) is 63.2 Å². The molecule has 0 aliphatic rings. The van der Waals surface area contributed by atoms with Crippen LogP contribution in [0, 0.1) is 0 Å². The van der Waals surface area contributed by atoms with Gasteiger partial charge in [-0.3, -0.25) is 4.79 Å². The first-order valence-electron chi connectivity index (χ1n) is 5.92. The van der Waals surface area contributed by atoms with E-state index < -0.39 is 0 Å². The number of amides is 1. The summed E-state index contributed by atoms with van der Waals surface area (Å²) in [5, 5.41) is 6.16. The molecule has 0 aliphatic heterocycles. The van der Waals surface area contributed by atoms with Gasteiger partial charge in [0.25, 0.3) is 5.91 Å². The Hall–Kier alpha value is -2.27. The lowest BCUT2D eigenvalue weighted by Crippen LogP contribution is -2.13. The summed E-state index contributed by atoms with van der Waals surface area (Å²) in [6.45, 7) is 0. The highest BCUT2D eigenvalue weighted by atomic mass is 35.5. The van der Waals surface area contributed by atoms with Crippen molar-refractivity contribution in [2.24, 2.45) is 0 Å². The highest BCUT2D eigenvalue weighted by Crippen LogP contribution is 2.27. The number of methoxy groups -OCH3 is 1. The van der Waals surface area contributed by atoms with Crippen molar-refractivity contribution in [3.8, 4) is 5.75 Å². The second-order valence-corrected chi connectivity index (χ2v) is 4.39. The first kappa shape index (κ1) is 14.1. The van der Waals surface area contributed by atoms with Gasteiger partial charge in [0.15, 0.2) is 0 Å². The molecular formula is C14H14ClN3O2. The van der Waals surface area contributed by atoms with Gasteiger partial charge in [-0.1, -0.05) is 11.6 Å². The predicted octanol–water partition coefficient (Wildman–Crippen LogP) is 3.04. The number of hydrogen-bond acceptors (Lipinski definition) is 4. The highest BCUT2D eigenvalue weighted by Gasteiger charge is 2.09. The number of aromatic nitrogens is 1. The molecule has 2 N–H and O–H groups in total. The Labute approximate surface area is 121 Å². The van der Waals surface area contributed by atoms with Crippen molar-refractivity contribution < 1.29 is 9.53 Å². The quantitative estimate of drug-likeness (QED) is 0.909. The highest BCUT2D eigenvalue weighted by molar-refractivity contribution is 6.32. The van der Waals surface area contributed by atoms with Crippen molar-refractivity contribution in [2.45, 2.75) is 0 Å². The van der Waals surface area contributed by atoms with E-state index in [0.717, 1.165) is 5.69 Å². The maximum Gasteiger partial charge on any atom is 0.274 e. The molecule has 104 valence electrons. The molecule has 0 unspecified atom stereocenters. The normalized spacial score (nSPS) is 9.95. The van der Waals surface area contributed by atoms with Gasteiger partial charge in [-0.05, 0) is 24.3 Å². The summed E-state index contributed by atoms with van der Waals surface area (Å²) in [4.78, 5) is 16.1. The van der Waals surface area contributed by atoms with Crippen LogP contribution >= 0.6 is 11.6 Å². The minimum atomic E-state index is -0.294. The number of nitrogens with zero attached hydrogens (tertiary/aromatic N) is 1. The Bertz CT molecular complexity index is 614. The van der Waals surface area contributed by atoms with Crippen molar-refractivity contribution >= 4 is 28.9 Å². The molecule has 1 heterocycles. The van der Waals surface area contributed by atoms with Crippen molar-refractivity contribution in [3.05, 3.63) is 47.2 Å². The van der Waals surface area contributed by atoms with Crippen molar-refractivity contribution in [2.75, 3.05) is 24.8 Å². The van der Waals surface area contributed by atoms with Crippen molar-refractivity contribution in [1.82, 2.24) is 4.98 Å². The standard InChI is InChI=1S/C14H14ClN3O2/c1-16-10-4-6-12(17-8-10)14(19)18-9-3-5-11(15)13(7-9)20-2/h3-8,16H,1-2H3,(H,18,19). The number of anilines is 2. The van der Waals surface area contributed by atoms with E-state index in [2.05, 4.69) is 15.6 Å². The third-order valence-corrected chi connectivity index (χ3v) is 3.01. The van der Waals surface area contributed by atoms with Gasteiger partial charge in [0.2, 0.25) is 0 Å². The maximum absolute atomic E-state index is 12.0. The monoisotopic (exact) mass is 291 g/mol. The van der Waals surface area contributed by atoms with Gasteiger partial charge in [-0.2, -0.15) is 0 Å². The molecule has 2 rings (SSSR count). The minimum absolute atomic E-state index is 0.294. The third-order valence-electron chi connectivity index (χ3n) is 2.69. The van der Waals surface area contributed by atoms with Crippen molar-refractivity contribution in [1.29, 1.82) is 0 Å². The van der Waals surface area contributed by atoms with Crippen LogP contribution in [0.3, 0.4) is 0 Å². The molecule has 1 aromatic carbocycles. The number of carbonyl (C=O) groups is 1. The summed E-state index contributed by atoms with van der Waals surface area (Å²) < 4.78 is 5.10. The van der Waals surface area contributed by atoms with Gasteiger partial charge in [-0.25, -0.2) is 4.98 Å². The molecular weight excluding hydrogens is 278 g/mol. The van der Waals surface area contributed by atoms with E-state index in [1.165, 1.54) is 7.11 Å². The molecule has 0 spiro atoms. The third kappa shape index (κ3) is 3.19. The van der Waals surface area contributed by atoms with Crippen LogP contribution in [0.25, 0.3) is 0 Å². The average Bonchev–Trinajstić information content (AvgIpc) is 2.49. The summed E-state index contributed by atoms with van der Waals surface area (Å²) in [5.74, 6) is 0.208. The molecule has 1 aromatic heterocycles. The smallest absolute Gasteiger partial charge is 0.274 e. The summed E-state index contributed by atoms with van der Waals surface area (Å²) in [6.07, 6.45) is 1.59. The van der Waals surface area contributed by atoms with E-state index in [1.807, 2.05) is 0 Å². The summed E-state index contributed by atoms with van der Waals surface area (Å²) in [5.41, 5.74) is 1.77. The molecule has 20 heavy (non-hydrogen) atoms. The van der Waals surface area contributed by atoms with E-state index in [-0.39, 0.29) is 5.91 Å². The van der Waals surface area contributed by atoms with E-state index >= 15 is 0 Å². The first-order chi connectivity index (χ1) is 9.63. The van der Waals surface area contributed by atoms with E-state index in [4.69, 9.17) is 16.3 Å². The fraction of sp³-hybridized carbons (Fsp3) is 0.143. The lowest BCUT2D eigenvalue weighted by Gasteiger charge is -2.08.